The highest BCUT2D eigenvalue weighted by Crippen LogP contribution is 2.30. The van der Waals surface area contributed by atoms with E-state index in [1.807, 2.05) is 30.3 Å². The number of nitrogens with zero attached hydrogens (tertiary/aromatic N) is 3. The van der Waals surface area contributed by atoms with Crippen LogP contribution in [0, 0.1) is 5.82 Å². The summed E-state index contributed by atoms with van der Waals surface area (Å²) in [4.78, 5) is 22.1. The van der Waals surface area contributed by atoms with Crippen molar-refractivity contribution in [3.8, 4) is 0 Å². The number of aromatic nitrogens is 1. The Hall–Kier alpha value is -1.87. The lowest BCUT2D eigenvalue weighted by Gasteiger charge is -2.34. The standard InChI is InChI=1S/C21H22ClFN4OS2/c22-15-4-6-16(7-5-15)29-14-19(28)24-8-9-26-10-12-27(13-11-26)21-25-20-17(23)2-1-3-18(20)30-21/h1-7H,8-14H2,(H,24,28). The second-order valence-electron chi connectivity index (χ2n) is 7.00. The molecular formula is C21H22ClFN4OS2. The molecule has 1 N–H and O–H groups in total. The zero-order chi connectivity index (χ0) is 20.9. The molecule has 3 aromatic rings. The van der Waals surface area contributed by atoms with Crippen LogP contribution in [-0.2, 0) is 4.79 Å². The number of anilines is 1. The molecule has 1 aromatic heterocycles. The third kappa shape index (κ3) is 5.43. The molecule has 0 radical (unpaired) electrons. The first-order valence-electron chi connectivity index (χ1n) is 9.76. The molecule has 1 fully saturated rings. The van der Waals surface area contributed by atoms with E-state index >= 15 is 0 Å². The van der Waals surface area contributed by atoms with Crippen molar-refractivity contribution in [3.63, 3.8) is 0 Å². The van der Waals surface area contributed by atoms with Crippen LogP contribution < -0.4 is 10.2 Å². The van der Waals surface area contributed by atoms with Gasteiger partial charge in [-0.15, -0.1) is 11.8 Å². The van der Waals surface area contributed by atoms with E-state index in [1.165, 1.54) is 29.2 Å². The monoisotopic (exact) mass is 464 g/mol. The lowest BCUT2D eigenvalue weighted by molar-refractivity contribution is -0.118. The van der Waals surface area contributed by atoms with Crippen LogP contribution in [0.4, 0.5) is 9.52 Å². The van der Waals surface area contributed by atoms with Crippen molar-refractivity contribution in [3.05, 3.63) is 53.3 Å². The number of nitrogens with one attached hydrogen (secondary N) is 1. The number of carbonyl (C=O) groups is 1. The number of para-hydroxylation sites is 1. The second kappa shape index (κ2) is 9.96. The van der Waals surface area contributed by atoms with E-state index in [1.54, 1.807) is 6.07 Å². The molecular weight excluding hydrogens is 443 g/mol. The summed E-state index contributed by atoms with van der Waals surface area (Å²) in [5, 5.41) is 4.56. The van der Waals surface area contributed by atoms with Crippen molar-refractivity contribution in [1.29, 1.82) is 0 Å². The van der Waals surface area contributed by atoms with E-state index in [0.29, 0.717) is 22.8 Å². The van der Waals surface area contributed by atoms with Gasteiger partial charge in [0.05, 0.1) is 10.5 Å². The van der Waals surface area contributed by atoms with E-state index in [-0.39, 0.29) is 11.7 Å². The number of fused-ring (bicyclic) bond motifs is 1. The van der Waals surface area contributed by atoms with Gasteiger partial charge in [-0.05, 0) is 36.4 Å². The lowest BCUT2D eigenvalue weighted by atomic mass is 10.3. The van der Waals surface area contributed by atoms with Gasteiger partial charge < -0.3 is 10.2 Å². The van der Waals surface area contributed by atoms with Crippen LogP contribution in [0.15, 0.2) is 47.4 Å². The Labute approximate surface area is 188 Å². The molecule has 0 unspecified atom stereocenters. The largest absolute Gasteiger partial charge is 0.354 e. The summed E-state index contributed by atoms with van der Waals surface area (Å²) in [5.41, 5.74) is 0.458. The number of thioether (sulfide) groups is 1. The molecule has 1 amide bonds. The summed E-state index contributed by atoms with van der Waals surface area (Å²) in [6.45, 7) is 4.94. The number of halogens is 2. The highest BCUT2D eigenvalue weighted by molar-refractivity contribution is 8.00. The molecule has 1 aliphatic rings. The molecule has 158 valence electrons. The average Bonchev–Trinajstić information content (AvgIpc) is 3.20. The van der Waals surface area contributed by atoms with Crippen molar-refractivity contribution in [2.75, 3.05) is 49.9 Å². The molecule has 2 heterocycles. The fourth-order valence-electron chi connectivity index (χ4n) is 3.29. The Morgan fingerprint density at radius 1 is 1.17 bits per heavy atom. The van der Waals surface area contributed by atoms with Crippen LogP contribution in [0.1, 0.15) is 0 Å². The zero-order valence-corrected chi connectivity index (χ0v) is 18.7. The Kier molecular flexibility index (Phi) is 7.09. The minimum absolute atomic E-state index is 0.0325. The predicted molar refractivity (Wildman–Crippen MR) is 123 cm³/mol. The van der Waals surface area contributed by atoms with Crippen LogP contribution in [0.5, 0.6) is 0 Å². The maximum absolute atomic E-state index is 13.9. The first-order chi connectivity index (χ1) is 14.6. The molecule has 2 aromatic carbocycles. The van der Waals surface area contributed by atoms with E-state index in [9.17, 15) is 9.18 Å². The summed E-state index contributed by atoms with van der Waals surface area (Å²) in [5.74, 6) is 0.160. The molecule has 0 spiro atoms. The molecule has 9 heteroatoms. The number of rotatable bonds is 7. The maximum atomic E-state index is 13.9. The number of carbonyl (C=O) groups excluding carboxylic acids is 1. The van der Waals surface area contributed by atoms with Gasteiger partial charge in [-0.1, -0.05) is 29.0 Å². The summed E-state index contributed by atoms with van der Waals surface area (Å²) >= 11 is 8.91. The molecule has 1 aliphatic heterocycles. The van der Waals surface area contributed by atoms with Crippen LogP contribution in [-0.4, -0.2) is 60.8 Å². The molecule has 0 aliphatic carbocycles. The topological polar surface area (TPSA) is 48.5 Å². The van der Waals surface area contributed by atoms with Crippen molar-refractivity contribution in [1.82, 2.24) is 15.2 Å². The molecule has 30 heavy (non-hydrogen) atoms. The molecule has 4 rings (SSSR count). The number of thiazole rings is 1. The summed E-state index contributed by atoms with van der Waals surface area (Å²) in [7, 11) is 0. The highest BCUT2D eigenvalue weighted by atomic mass is 35.5. The van der Waals surface area contributed by atoms with E-state index in [4.69, 9.17) is 11.6 Å². The van der Waals surface area contributed by atoms with Gasteiger partial charge in [0, 0.05) is 49.2 Å². The fourth-order valence-corrected chi connectivity index (χ4v) is 5.17. The van der Waals surface area contributed by atoms with Crippen LogP contribution >= 0.6 is 34.7 Å². The van der Waals surface area contributed by atoms with Crippen LogP contribution in [0.2, 0.25) is 5.02 Å². The molecule has 1 saturated heterocycles. The summed E-state index contributed by atoms with van der Waals surface area (Å²) in [6, 6.07) is 12.6. The number of amides is 1. The third-order valence-corrected chi connectivity index (χ3v) is 7.28. The Bertz CT molecular complexity index is 1010. The number of hydrogen-bond acceptors (Lipinski definition) is 6. The van der Waals surface area contributed by atoms with Gasteiger partial charge in [-0.25, -0.2) is 9.37 Å². The van der Waals surface area contributed by atoms with Gasteiger partial charge >= 0.3 is 0 Å². The second-order valence-corrected chi connectivity index (χ2v) is 9.50. The first kappa shape index (κ1) is 21.4. The molecule has 0 saturated carbocycles. The SMILES string of the molecule is O=C(CSc1ccc(Cl)cc1)NCCN1CCN(c2nc3c(F)cccc3s2)CC1. The average molecular weight is 465 g/mol. The first-order valence-corrected chi connectivity index (χ1v) is 11.9. The normalized spacial score (nSPS) is 14.9. The number of piperazine rings is 1. The summed E-state index contributed by atoms with van der Waals surface area (Å²) in [6.07, 6.45) is 0. The van der Waals surface area contributed by atoms with Gasteiger partial charge in [0.2, 0.25) is 5.91 Å². The lowest BCUT2D eigenvalue weighted by Crippen LogP contribution is -2.48. The van der Waals surface area contributed by atoms with Crippen molar-refractivity contribution < 1.29 is 9.18 Å². The zero-order valence-electron chi connectivity index (χ0n) is 16.3. The van der Waals surface area contributed by atoms with Gasteiger partial charge in [0.25, 0.3) is 0 Å². The molecule has 0 atom stereocenters. The van der Waals surface area contributed by atoms with E-state index < -0.39 is 0 Å². The van der Waals surface area contributed by atoms with Crippen molar-refractivity contribution in [2.24, 2.45) is 0 Å². The number of benzene rings is 2. The van der Waals surface area contributed by atoms with Gasteiger partial charge in [0.15, 0.2) is 5.13 Å². The molecule has 5 nitrogen and oxygen atoms in total. The van der Waals surface area contributed by atoms with Crippen molar-refractivity contribution in [2.45, 2.75) is 4.90 Å². The van der Waals surface area contributed by atoms with Gasteiger partial charge in [-0.3, -0.25) is 9.69 Å². The van der Waals surface area contributed by atoms with E-state index in [0.717, 1.165) is 47.5 Å². The number of hydrogen-bond donors (Lipinski definition) is 1. The minimum Gasteiger partial charge on any atom is -0.354 e. The quantitative estimate of drug-likeness (QED) is 0.533. The van der Waals surface area contributed by atoms with Gasteiger partial charge in [0.1, 0.15) is 11.3 Å². The van der Waals surface area contributed by atoms with Crippen LogP contribution in [0.3, 0.4) is 0 Å². The van der Waals surface area contributed by atoms with Gasteiger partial charge in [-0.2, -0.15) is 0 Å². The highest BCUT2D eigenvalue weighted by Gasteiger charge is 2.20. The Balaban J connectivity index is 1.17. The summed E-state index contributed by atoms with van der Waals surface area (Å²) < 4.78 is 14.8. The third-order valence-electron chi connectivity index (χ3n) is 4.94. The minimum atomic E-state index is -0.265. The van der Waals surface area contributed by atoms with E-state index in [2.05, 4.69) is 20.1 Å². The molecule has 0 bridgehead atoms. The smallest absolute Gasteiger partial charge is 0.230 e. The Morgan fingerprint density at radius 2 is 1.93 bits per heavy atom. The Morgan fingerprint density at radius 3 is 2.67 bits per heavy atom. The fraction of sp³-hybridized carbons (Fsp3) is 0.333. The maximum Gasteiger partial charge on any atom is 0.230 e. The van der Waals surface area contributed by atoms with Crippen LogP contribution in [0.25, 0.3) is 10.2 Å². The predicted octanol–water partition coefficient (Wildman–Crippen LogP) is 4.12. The van der Waals surface area contributed by atoms with Crippen molar-refractivity contribution >= 4 is 56.0 Å².